The van der Waals surface area contributed by atoms with Gasteiger partial charge in [-0.05, 0) is 24.7 Å². The van der Waals surface area contributed by atoms with Gasteiger partial charge in [0.05, 0.1) is 25.6 Å². The average molecular weight is 253 g/mol. The molecule has 2 rings (SSSR count). The first-order valence-electron chi connectivity index (χ1n) is 5.84. The number of methoxy groups -OCH3 is 1. The predicted molar refractivity (Wildman–Crippen MR) is 71.9 cm³/mol. The molecule has 3 nitrogen and oxygen atoms in total. The van der Waals surface area contributed by atoms with Crippen LogP contribution in [0.1, 0.15) is 11.6 Å². The number of rotatable bonds is 6. The molecule has 1 heterocycles. The molecule has 1 saturated heterocycles. The molecule has 17 heavy (non-hydrogen) atoms. The average Bonchev–Trinajstić information content (AvgIpc) is 2.33. The first-order chi connectivity index (χ1) is 8.33. The van der Waals surface area contributed by atoms with Crippen LogP contribution in [0.15, 0.2) is 24.3 Å². The largest absolute Gasteiger partial charge is 0.497 e. The van der Waals surface area contributed by atoms with Gasteiger partial charge < -0.3 is 14.8 Å². The molecule has 1 aromatic rings. The Balaban J connectivity index is 1.90. The Bertz CT molecular complexity index is 338. The number of ether oxygens (including phenoxy) is 2. The third kappa shape index (κ3) is 3.37. The fourth-order valence-corrected chi connectivity index (χ4v) is 2.93. The van der Waals surface area contributed by atoms with E-state index in [1.807, 2.05) is 30.9 Å². The van der Waals surface area contributed by atoms with Gasteiger partial charge in [-0.2, -0.15) is 11.8 Å². The standard InChI is InChI=1S/C13H19NO2S/c1-14-13(9-17-12-7-16-8-12)10-3-5-11(15-2)6-4-10/h3-6,12-14H,7-9H2,1-2H3. The second-order valence-corrected chi connectivity index (χ2v) is 5.44. The SMILES string of the molecule is CNC(CSC1COC1)c1ccc(OC)cc1. The van der Waals surface area contributed by atoms with Gasteiger partial charge >= 0.3 is 0 Å². The van der Waals surface area contributed by atoms with Crippen LogP contribution in [0.3, 0.4) is 0 Å². The van der Waals surface area contributed by atoms with E-state index in [4.69, 9.17) is 9.47 Å². The third-order valence-electron chi connectivity index (χ3n) is 2.97. The minimum Gasteiger partial charge on any atom is -0.497 e. The summed E-state index contributed by atoms with van der Waals surface area (Å²) in [5.41, 5.74) is 1.31. The summed E-state index contributed by atoms with van der Waals surface area (Å²) >= 11 is 1.98. The molecular formula is C13H19NO2S. The second-order valence-electron chi connectivity index (χ2n) is 4.11. The van der Waals surface area contributed by atoms with E-state index in [1.54, 1.807) is 7.11 Å². The van der Waals surface area contributed by atoms with E-state index in [0.717, 1.165) is 24.7 Å². The molecule has 0 spiro atoms. The molecule has 0 aromatic heterocycles. The van der Waals surface area contributed by atoms with Crippen molar-refractivity contribution >= 4 is 11.8 Å². The summed E-state index contributed by atoms with van der Waals surface area (Å²) < 4.78 is 10.3. The van der Waals surface area contributed by atoms with E-state index in [1.165, 1.54) is 5.56 Å². The highest BCUT2D eigenvalue weighted by Gasteiger charge is 2.20. The number of thioether (sulfide) groups is 1. The summed E-state index contributed by atoms with van der Waals surface area (Å²) in [6.45, 7) is 1.81. The number of nitrogens with one attached hydrogen (secondary N) is 1. The van der Waals surface area contributed by atoms with Crippen LogP contribution in [0.4, 0.5) is 0 Å². The van der Waals surface area contributed by atoms with Gasteiger partial charge in [0.25, 0.3) is 0 Å². The van der Waals surface area contributed by atoms with Gasteiger partial charge in [-0.1, -0.05) is 12.1 Å². The molecule has 0 bridgehead atoms. The van der Waals surface area contributed by atoms with Gasteiger partial charge in [0.1, 0.15) is 5.75 Å². The van der Waals surface area contributed by atoms with Gasteiger partial charge in [0, 0.05) is 11.8 Å². The topological polar surface area (TPSA) is 30.5 Å². The van der Waals surface area contributed by atoms with E-state index in [0.29, 0.717) is 11.3 Å². The summed E-state index contributed by atoms with van der Waals surface area (Å²) in [4.78, 5) is 0. The fraction of sp³-hybridized carbons (Fsp3) is 0.538. The summed E-state index contributed by atoms with van der Waals surface area (Å²) in [7, 11) is 3.70. The molecule has 1 fully saturated rings. The molecule has 1 aliphatic heterocycles. The van der Waals surface area contributed by atoms with Crippen molar-refractivity contribution in [2.24, 2.45) is 0 Å². The highest BCUT2D eigenvalue weighted by molar-refractivity contribution is 8.00. The van der Waals surface area contributed by atoms with Gasteiger partial charge in [-0.3, -0.25) is 0 Å². The quantitative estimate of drug-likeness (QED) is 0.841. The lowest BCUT2D eigenvalue weighted by atomic mass is 10.1. The summed E-state index contributed by atoms with van der Waals surface area (Å²) in [5, 5.41) is 4.04. The second kappa shape index (κ2) is 6.28. The maximum absolute atomic E-state index is 5.18. The molecule has 0 radical (unpaired) electrons. The first kappa shape index (κ1) is 12.7. The van der Waals surface area contributed by atoms with Crippen LogP contribution in [0.25, 0.3) is 0 Å². The Labute approximate surface area is 107 Å². The Morgan fingerprint density at radius 2 is 2.12 bits per heavy atom. The molecule has 4 heteroatoms. The highest BCUT2D eigenvalue weighted by Crippen LogP contribution is 2.26. The van der Waals surface area contributed by atoms with Crippen molar-refractivity contribution in [3.05, 3.63) is 29.8 Å². The van der Waals surface area contributed by atoms with Crippen LogP contribution in [0.2, 0.25) is 0 Å². The fourth-order valence-electron chi connectivity index (χ4n) is 1.73. The molecule has 1 N–H and O–H groups in total. The van der Waals surface area contributed by atoms with Gasteiger partial charge in [0.2, 0.25) is 0 Å². The van der Waals surface area contributed by atoms with Crippen molar-refractivity contribution in [3.8, 4) is 5.75 Å². The van der Waals surface area contributed by atoms with Crippen LogP contribution >= 0.6 is 11.8 Å². The Hall–Kier alpha value is -0.710. The molecule has 94 valence electrons. The van der Waals surface area contributed by atoms with Crippen molar-refractivity contribution in [2.75, 3.05) is 33.1 Å². The normalized spacial score (nSPS) is 17.5. The lowest BCUT2D eigenvalue weighted by Crippen LogP contribution is -2.32. The van der Waals surface area contributed by atoms with E-state index in [-0.39, 0.29) is 0 Å². The van der Waals surface area contributed by atoms with Gasteiger partial charge in [-0.15, -0.1) is 0 Å². The number of hydrogen-bond donors (Lipinski definition) is 1. The van der Waals surface area contributed by atoms with Crippen LogP contribution in [-0.2, 0) is 4.74 Å². The van der Waals surface area contributed by atoms with Gasteiger partial charge in [-0.25, -0.2) is 0 Å². The first-order valence-corrected chi connectivity index (χ1v) is 6.89. The zero-order valence-corrected chi connectivity index (χ0v) is 11.1. The van der Waals surface area contributed by atoms with Gasteiger partial charge in [0.15, 0.2) is 0 Å². The third-order valence-corrected chi connectivity index (χ3v) is 4.24. The maximum Gasteiger partial charge on any atom is 0.118 e. The van der Waals surface area contributed by atoms with Crippen LogP contribution in [0, 0.1) is 0 Å². The predicted octanol–water partition coefficient (Wildman–Crippen LogP) is 2.09. The molecular weight excluding hydrogens is 234 g/mol. The van der Waals surface area contributed by atoms with Crippen molar-refractivity contribution in [3.63, 3.8) is 0 Å². The molecule has 0 amide bonds. The minimum atomic E-state index is 0.395. The molecule has 1 atom stereocenters. The number of hydrogen-bond acceptors (Lipinski definition) is 4. The molecule has 1 aromatic carbocycles. The zero-order valence-electron chi connectivity index (χ0n) is 10.3. The van der Waals surface area contributed by atoms with Crippen LogP contribution in [0.5, 0.6) is 5.75 Å². The Kier molecular flexibility index (Phi) is 4.71. The van der Waals surface area contributed by atoms with Crippen LogP contribution < -0.4 is 10.1 Å². The van der Waals surface area contributed by atoms with E-state index in [9.17, 15) is 0 Å². The zero-order chi connectivity index (χ0) is 12.1. The van der Waals surface area contributed by atoms with Crippen molar-refractivity contribution in [1.29, 1.82) is 0 Å². The lowest BCUT2D eigenvalue weighted by Gasteiger charge is -2.27. The number of benzene rings is 1. The maximum atomic E-state index is 5.18. The summed E-state index contributed by atoms with van der Waals surface area (Å²) in [5.74, 6) is 1.99. The highest BCUT2D eigenvalue weighted by atomic mass is 32.2. The lowest BCUT2D eigenvalue weighted by molar-refractivity contribution is 0.0455. The van der Waals surface area contributed by atoms with Crippen LogP contribution in [-0.4, -0.2) is 38.4 Å². The minimum absolute atomic E-state index is 0.395. The molecule has 0 saturated carbocycles. The Morgan fingerprint density at radius 3 is 2.59 bits per heavy atom. The van der Waals surface area contributed by atoms with Crippen molar-refractivity contribution < 1.29 is 9.47 Å². The smallest absolute Gasteiger partial charge is 0.118 e. The van der Waals surface area contributed by atoms with Crippen molar-refractivity contribution in [2.45, 2.75) is 11.3 Å². The Morgan fingerprint density at radius 1 is 1.41 bits per heavy atom. The van der Waals surface area contributed by atoms with Crippen molar-refractivity contribution in [1.82, 2.24) is 5.32 Å². The molecule has 0 aliphatic carbocycles. The monoisotopic (exact) mass is 253 g/mol. The van der Waals surface area contributed by atoms with E-state index >= 15 is 0 Å². The molecule has 1 aliphatic rings. The summed E-state index contributed by atoms with van der Waals surface area (Å²) in [6.07, 6.45) is 0. The van der Waals surface area contributed by atoms with E-state index in [2.05, 4.69) is 17.4 Å². The summed E-state index contributed by atoms with van der Waals surface area (Å²) in [6, 6.07) is 8.66. The molecule has 1 unspecified atom stereocenters. The van der Waals surface area contributed by atoms with E-state index < -0.39 is 0 Å².